The molecule has 1 rings (SSSR count). The Bertz CT molecular complexity index is 310. The smallest absolute Gasteiger partial charge is 0.191 e. The topological polar surface area (TPSA) is 50.8 Å². The Morgan fingerprint density at radius 1 is 1.32 bits per heavy atom. The fourth-order valence-corrected chi connectivity index (χ4v) is 1.64. The molecule has 4 nitrogen and oxygen atoms in total. The van der Waals surface area contributed by atoms with E-state index in [1.807, 2.05) is 0 Å². The normalized spacial score (nSPS) is 22.1. The molecule has 0 aromatic heterocycles. The zero-order chi connectivity index (χ0) is 14.0. The summed E-state index contributed by atoms with van der Waals surface area (Å²) >= 11 is 0. The van der Waals surface area contributed by atoms with Crippen molar-refractivity contribution in [2.75, 3.05) is 26.2 Å². The van der Waals surface area contributed by atoms with Crippen molar-refractivity contribution in [2.45, 2.75) is 47.6 Å². The van der Waals surface area contributed by atoms with Gasteiger partial charge >= 0.3 is 0 Å². The molecule has 1 heterocycles. The maximum absolute atomic E-state index is 6.08. The molecule has 1 saturated heterocycles. The minimum absolute atomic E-state index is 0. The van der Waals surface area contributed by atoms with Crippen molar-refractivity contribution >= 4 is 29.9 Å². The van der Waals surface area contributed by atoms with Crippen molar-refractivity contribution in [2.24, 2.45) is 21.6 Å². The van der Waals surface area contributed by atoms with Crippen molar-refractivity contribution in [1.29, 1.82) is 0 Å². The summed E-state index contributed by atoms with van der Waals surface area (Å²) in [5.41, 5.74) is 6.43. The molecule has 0 spiro atoms. The Labute approximate surface area is 135 Å². The Kier molecular flexibility index (Phi) is 7.09. The lowest BCUT2D eigenvalue weighted by Gasteiger charge is -2.38. The van der Waals surface area contributed by atoms with E-state index in [2.05, 4.69) is 51.4 Å². The highest BCUT2D eigenvalue weighted by atomic mass is 127. The minimum Gasteiger partial charge on any atom is -0.375 e. The third kappa shape index (κ3) is 5.45. The monoisotopic (exact) mass is 383 g/mol. The van der Waals surface area contributed by atoms with Crippen LogP contribution in [0, 0.1) is 10.8 Å². The molecular weight excluding hydrogens is 353 g/mol. The number of hydrogen-bond acceptors (Lipinski definition) is 2. The van der Waals surface area contributed by atoms with Crippen LogP contribution in [0.25, 0.3) is 0 Å². The molecule has 2 N–H and O–H groups in total. The molecule has 1 atom stereocenters. The molecule has 19 heavy (non-hydrogen) atoms. The maximum Gasteiger partial charge on any atom is 0.191 e. The van der Waals surface area contributed by atoms with E-state index in [-0.39, 0.29) is 40.9 Å². The molecule has 0 aromatic carbocycles. The highest BCUT2D eigenvalue weighted by molar-refractivity contribution is 14.0. The first-order valence-electron chi connectivity index (χ1n) is 6.80. The maximum atomic E-state index is 6.08. The van der Waals surface area contributed by atoms with E-state index in [9.17, 15) is 0 Å². The van der Waals surface area contributed by atoms with Crippen LogP contribution in [0.3, 0.4) is 0 Å². The SMILES string of the molecule is CC1CN(C(N)=NCC(C)(C)C(C)(C)C)CCO1.I. The fourth-order valence-electron chi connectivity index (χ4n) is 1.64. The number of guanidine groups is 1. The van der Waals surface area contributed by atoms with Crippen molar-refractivity contribution in [1.82, 2.24) is 4.90 Å². The second-order valence-corrected chi connectivity index (χ2v) is 6.94. The molecule has 0 bridgehead atoms. The van der Waals surface area contributed by atoms with Crippen LogP contribution < -0.4 is 5.73 Å². The van der Waals surface area contributed by atoms with E-state index in [0.717, 1.165) is 26.2 Å². The molecule has 5 heteroatoms. The van der Waals surface area contributed by atoms with E-state index >= 15 is 0 Å². The van der Waals surface area contributed by atoms with Crippen LogP contribution >= 0.6 is 24.0 Å². The molecule has 0 aromatic rings. The second-order valence-electron chi connectivity index (χ2n) is 6.94. The molecule has 0 amide bonds. The number of rotatable bonds is 2. The van der Waals surface area contributed by atoms with Gasteiger partial charge in [0, 0.05) is 19.6 Å². The summed E-state index contributed by atoms with van der Waals surface area (Å²) in [7, 11) is 0. The molecule has 0 saturated carbocycles. The van der Waals surface area contributed by atoms with Gasteiger partial charge in [-0.15, -0.1) is 24.0 Å². The van der Waals surface area contributed by atoms with Crippen molar-refractivity contribution < 1.29 is 4.74 Å². The largest absolute Gasteiger partial charge is 0.375 e. The van der Waals surface area contributed by atoms with Gasteiger partial charge in [0.2, 0.25) is 0 Å². The van der Waals surface area contributed by atoms with Gasteiger partial charge in [0.1, 0.15) is 0 Å². The highest BCUT2D eigenvalue weighted by Crippen LogP contribution is 2.37. The number of halogens is 1. The van der Waals surface area contributed by atoms with Crippen molar-refractivity contribution in [3.63, 3.8) is 0 Å². The Morgan fingerprint density at radius 3 is 2.37 bits per heavy atom. The molecule has 1 unspecified atom stereocenters. The average molecular weight is 383 g/mol. The first kappa shape index (κ1) is 19.0. The van der Waals surface area contributed by atoms with E-state index in [1.54, 1.807) is 0 Å². The van der Waals surface area contributed by atoms with Gasteiger partial charge in [-0.2, -0.15) is 0 Å². The Balaban J connectivity index is 0.00000324. The fraction of sp³-hybridized carbons (Fsp3) is 0.929. The van der Waals surface area contributed by atoms with Gasteiger partial charge < -0.3 is 15.4 Å². The number of nitrogens with two attached hydrogens (primary N) is 1. The molecular formula is C14H30IN3O. The Hall–Kier alpha value is -0.0400. The average Bonchev–Trinajstić information content (AvgIpc) is 2.24. The lowest BCUT2D eigenvalue weighted by atomic mass is 9.69. The predicted octanol–water partition coefficient (Wildman–Crippen LogP) is 2.71. The van der Waals surface area contributed by atoms with E-state index in [0.29, 0.717) is 5.96 Å². The van der Waals surface area contributed by atoms with E-state index < -0.39 is 0 Å². The first-order chi connectivity index (χ1) is 8.13. The van der Waals surface area contributed by atoms with Crippen LogP contribution in [0.1, 0.15) is 41.5 Å². The number of nitrogens with zero attached hydrogens (tertiary/aromatic N) is 2. The lowest BCUT2D eigenvalue weighted by molar-refractivity contribution is 0.00514. The Morgan fingerprint density at radius 2 is 1.89 bits per heavy atom. The summed E-state index contributed by atoms with van der Waals surface area (Å²) in [6, 6.07) is 0. The summed E-state index contributed by atoms with van der Waals surface area (Å²) in [5.74, 6) is 0.655. The number of hydrogen-bond donors (Lipinski definition) is 1. The summed E-state index contributed by atoms with van der Waals surface area (Å²) in [6.07, 6.45) is 0.239. The molecule has 1 fully saturated rings. The lowest BCUT2D eigenvalue weighted by Crippen LogP contribution is -2.48. The second kappa shape index (κ2) is 7.11. The number of ether oxygens (including phenoxy) is 1. The zero-order valence-corrected chi connectivity index (χ0v) is 15.5. The predicted molar refractivity (Wildman–Crippen MR) is 92.1 cm³/mol. The van der Waals surface area contributed by atoms with Crippen molar-refractivity contribution in [3.8, 4) is 0 Å². The van der Waals surface area contributed by atoms with Crippen molar-refractivity contribution in [3.05, 3.63) is 0 Å². The summed E-state index contributed by atoms with van der Waals surface area (Å²) < 4.78 is 5.51. The molecule has 0 aliphatic carbocycles. The zero-order valence-electron chi connectivity index (χ0n) is 13.2. The summed E-state index contributed by atoms with van der Waals surface area (Å²) in [4.78, 5) is 6.70. The van der Waals surface area contributed by atoms with Gasteiger partial charge in [-0.25, -0.2) is 0 Å². The first-order valence-corrected chi connectivity index (χ1v) is 6.80. The van der Waals surface area contributed by atoms with Crippen LogP contribution in [-0.2, 0) is 4.74 Å². The van der Waals surface area contributed by atoms with Crippen LogP contribution in [-0.4, -0.2) is 43.2 Å². The molecule has 1 aliphatic heterocycles. The minimum atomic E-state index is 0. The van der Waals surface area contributed by atoms with Crippen LogP contribution in [0.2, 0.25) is 0 Å². The van der Waals surface area contributed by atoms with Crippen LogP contribution in [0.4, 0.5) is 0 Å². The van der Waals surface area contributed by atoms with Gasteiger partial charge in [-0.3, -0.25) is 4.99 Å². The number of morpholine rings is 1. The molecule has 0 radical (unpaired) electrons. The van der Waals surface area contributed by atoms with Crippen LogP contribution in [0.5, 0.6) is 0 Å². The van der Waals surface area contributed by atoms with Crippen LogP contribution in [0.15, 0.2) is 4.99 Å². The van der Waals surface area contributed by atoms with E-state index in [4.69, 9.17) is 10.5 Å². The quantitative estimate of drug-likeness (QED) is 0.453. The van der Waals surface area contributed by atoms with Gasteiger partial charge in [0.15, 0.2) is 5.96 Å². The number of aliphatic imine (C=N–C) groups is 1. The molecule has 1 aliphatic rings. The summed E-state index contributed by atoms with van der Waals surface area (Å²) in [6.45, 7) is 16.5. The van der Waals surface area contributed by atoms with Gasteiger partial charge in [-0.1, -0.05) is 34.6 Å². The highest BCUT2D eigenvalue weighted by Gasteiger charge is 2.32. The van der Waals surface area contributed by atoms with E-state index in [1.165, 1.54) is 0 Å². The standard InChI is InChI=1S/C14H29N3O.HI/c1-11-9-17(7-8-18-11)12(15)16-10-14(5,6)13(2,3)4;/h11H,7-10H2,1-6H3,(H2,15,16);1H. The van der Waals surface area contributed by atoms with Gasteiger partial charge in [0.25, 0.3) is 0 Å². The summed E-state index contributed by atoms with van der Waals surface area (Å²) in [5, 5.41) is 0. The third-order valence-electron chi connectivity index (χ3n) is 4.23. The third-order valence-corrected chi connectivity index (χ3v) is 4.23. The van der Waals surface area contributed by atoms with Gasteiger partial charge in [-0.05, 0) is 17.8 Å². The van der Waals surface area contributed by atoms with Gasteiger partial charge in [0.05, 0.1) is 12.7 Å². The molecule has 114 valence electrons.